The first-order valence-corrected chi connectivity index (χ1v) is 8.55. The van der Waals surface area contributed by atoms with E-state index in [2.05, 4.69) is 10.4 Å². The summed E-state index contributed by atoms with van der Waals surface area (Å²) < 4.78 is 19.6. The van der Waals surface area contributed by atoms with Crippen LogP contribution in [0.15, 0.2) is 47.3 Å². The van der Waals surface area contributed by atoms with Gasteiger partial charge in [-0.05, 0) is 48.5 Å². The van der Waals surface area contributed by atoms with Crippen molar-refractivity contribution >= 4 is 0 Å². The average Bonchev–Trinajstić information content (AvgIpc) is 2.99. The standard InChI is InChI=1S/C19H22N4O4/c1-13(2)27-16-11-7-8-15(23-19(24)22(3)20-21-23)14(16)12-26-18-10-6-5-9-17(18)25-4/h5-11,13H,12H2,1-4H3. The molecule has 0 amide bonds. The highest BCUT2D eigenvalue weighted by molar-refractivity contribution is 5.49. The van der Waals surface area contributed by atoms with Gasteiger partial charge in [0.1, 0.15) is 12.4 Å². The SMILES string of the molecule is COc1ccccc1OCc1c(OC(C)C)cccc1-n1nnn(C)c1=O. The molecule has 142 valence electrons. The van der Waals surface area contributed by atoms with Gasteiger partial charge in [-0.25, -0.2) is 4.79 Å². The normalized spacial score (nSPS) is 10.9. The minimum Gasteiger partial charge on any atom is -0.493 e. The van der Waals surface area contributed by atoms with E-state index in [0.29, 0.717) is 28.5 Å². The van der Waals surface area contributed by atoms with Gasteiger partial charge in [-0.15, -0.1) is 0 Å². The van der Waals surface area contributed by atoms with Crippen LogP contribution < -0.4 is 19.9 Å². The van der Waals surface area contributed by atoms with Gasteiger partial charge >= 0.3 is 5.69 Å². The van der Waals surface area contributed by atoms with E-state index >= 15 is 0 Å². The number of rotatable bonds is 7. The van der Waals surface area contributed by atoms with Crippen molar-refractivity contribution in [1.29, 1.82) is 0 Å². The molecule has 3 aromatic rings. The molecule has 0 atom stereocenters. The summed E-state index contributed by atoms with van der Waals surface area (Å²) in [6.07, 6.45) is -0.0381. The molecule has 0 bridgehead atoms. The van der Waals surface area contributed by atoms with Crippen LogP contribution in [0.1, 0.15) is 19.4 Å². The second-order valence-corrected chi connectivity index (χ2v) is 6.16. The number of nitrogens with zero attached hydrogens (tertiary/aromatic N) is 4. The highest BCUT2D eigenvalue weighted by Crippen LogP contribution is 2.30. The fraction of sp³-hybridized carbons (Fsp3) is 0.316. The Labute approximate surface area is 156 Å². The third-order valence-corrected chi connectivity index (χ3v) is 3.86. The first kappa shape index (κ1) is 18.5. The predicted octanol–water partition coefficient (Wildman–Crippen LogP) is 2.34. The average molecular weight is 370 g/mol. The molecule has 8 nitrogen and oxygen atoms in total. The molecule has 0 N–H and O–H groups in total. The van der Waals surface area contributed by atoms with Crippen LogP contribution in [0.4, 0.5) is 0 Å². The number of hydrogen-bond donors (Lipinski definition) is 0. The summed E-state index contributed by atoms with van der Waals surface area (Å²) in [6, 6.07) is 12.8. The lowest BCUT2D eigenvalue weighted by Gasteiger charge is -2.18. The number of benzene rings is 2. The van der Waals surface area contributed by atoms with Crippen LogP contribution in [-0.2, 0) is 13.7 Å². The van der Waals surface area contributed by atoms with Gasteiger partial charge < -0.3 is 14.2 Å². The van der Waals surface area contributed by atoms with Crippen molar-refractivity contribution in [1.82, 2.24) is 19.8 Å². The first-order chi connectivity index (χ1) is 13.0. The topological polar surface area (TPSA) is 80.4 Å². The molecule has 27 heavy (non-hydrogen) atoms. The van der Waals surface area contributed by atoms with Gasteiger partial charge in [0.15, 0.2) is 11.5 Å². The highest BCUT2D eigenvalue weighted by atomic mass is 16.5. The molecule has 0 saturated heterocycles. The Bertz CT molecular complexity index is 978. The molecule has 0 aliphatic rings. The van der Waals surface area contributed by atoms with Gasteiger partial charge in [-0.3, -0.25) is 0 Å². The first-order valence-electron chi connectivity index (χ1n) is 8.55. The van der Waals surface area contributed by atoms with E-state index < -0.39 is 0 Å². The van der Waals surface area contributed by atoms with E-state index in [1.54, 1.807) is 26.3 Å². The van der Waals surface area contributed by atoms with Crippen LogP contribution in [0, 0.1) is 0 Å². The van der Waals surface area contributed by atoms with Gasteiger partial charge in [0.25, 0.3) is 0 Å². The Hall–Kier alpha value is -3.29. The van der Waals surface area contributed by atoms with Gasteiger partial charge in [-0.2, -0.15) is 9.36 Å². The Morgan fingerprint density at radius 1 is 1.00 bits per heavy atom. The van der Waals surface area contributed by atoms with Crippen LogP contribution in [-0.4, -0.2) is 33.0 Å². The molecule has 0 fully saturated rings. The maximum atomic E-state index is 12.3. The quantitative estimate of drug-likeness (QED) is 0.635. The summed E-state index contributed by atoms with van der Waals surface area (Å²) in [5.74, 6) is 1.84. The van der Waals surface area contributed by atoms with Crippen LogP contribution >= 0.6 is 0 Å². The van der Waals surface area contributed by atoms with Crippen molar-refractivity contribution in [3.05, 3.63) is 58.5 Å². The van der Waals surface area contributed by atoms with Crippen molar-refractivity contribution < 1.29 is 14.2 Å². The summed E-state index contributed by atoms with van der Waals surface area (Å²) in [6.45, 7) is 4.04. The van der Waals surface area contributed by atoms with E-state index in [1.807, 2.05) is 44.2 Å². The van der Waals surface area contributed by atoms with Crippen LogP contribution in [0.5, 0.6) is 17.2 Å². The van der Waals surface area contributed by atoms with E-state index in [9.17, 15) is 4.79 Å². The van der Waals surface area contributed by atoms with Crippen molar-refractivity contribution in [3.63, 3.8) is 0 Å². The molecule has 0 aliphatic carbocycles. The number of ether oxygens (including phenoxy) is 3. The summed E-state index contributed by atoms with van der Waals surface area (Å²) in [7, 11) is 3.13. The monoisotopic (exact) mass is 370 g/mol. The van der Waals surface area contributed by atoms with Gasteiger partial charge in [0, 0.05) is 7.05 Å². The highest BCUT2D eigenvalue weighted by Gasteiger charge is 2.17. The van der Waals surface area contributed by atoms with Gasteiger partial charge in [0.05, 0.1) is 24.5 Å². The zero-order valence-corrected chi connectivity index (χ0v) is 15.7. The van der Waals surface area contributed by atoms with E-state index in [-0.39, 0.29) is 18.4 Å². The van der Waals surface area contributed by atoms with Gasteiger partial charge in [-0.1, -0.05) is 18.2 Å². The van der Waals surface area contributed by atoms with Crippen molar-refractivity contribution in [2.75, 3.05) is 7.11 Å². The molecular weight excluding hydrogens is 348 g/mol. The number of aromatic nitrogens is 4. The van der Waals surface area contributed by atoms with Crippen LogP contribution in [0.25, 0.3) is 5.69 Å². The summed E-state index contributed by atoms with van der Waals surface area (Å²) in [5, 5.41) is 7.72. The fourth-order valence-corrected chi connectivity index (χ4v) is 2.61. The molecular formula is C19H22N4O4. The molecule has 8 heteroatoms. The van der Waals surface area contributed by atoms with Crippen LogP contribution in [0.3, 0.4) is 0 Å². The lowest BCUT2D eigenvalue weighted by atomic mass is 10.1. The third-order valence-electron chi connectivity index (χ3n) is 3.86. The van der Waals surface area contributed by atoms with Crippen molar-refractivity contribution in [2.24, 2.45) is 7.05 Å². The smallest absolute Gasteiger partial charge is 0.368 e. The third kappa shape index (κ3) is 3.94. The maximum Gasteiger partial charge on any atom is 0.368 e. The lowest BCUT2D eigenvalue weighted by molar-refractivity contribution is 0.228. The number of hydrogen-bond acceptors (Lipinski definition) is 6. The fourth-order valence-electron chi connectivity index (χ4n) is 2.61. The van der Waals surface area contributed by atoms with Crippen molar-refractivity contribution in [2.45, 2.75) is 26.6 Å². The molecule has 0 aliphatic heterocycles. The van der Waals surface area contributed by atoms with E-state index in [4.69, 9.17) is 14.2 Å². The van der Waals surface area contributed by atoms with E-state index in [1.165, 1.54) is 9.36 Å². The Kier molecular flexibility index (Phi) is 5.44. The molecule has 0 radical (unpaired) electrons. The number of methoxy groups -OCH3 is 1. The molecule has 0 unspecified atom stereocenters. The summed E-state index contributed by atoms with van der Waals surface area (Å²) in [4.78, 5) is 12.3. The zero-order valence-electron chi connectivity index (χ0n) is 15.7. The Morgan fingerprint density at radius 3 is 2.33 bits per heavy atom. The molecule has 0 saturated carbocycles. The molecule has 1 heterocycles. The number of aryl methyl sites for hydroxylation is 1. The largest absolute Gasteiger partial charge is 0.493 e. The van der Waals surface area contributed by atoms with Gasteiger partial charge in [0.2, 0.25) is 0 Å². The minimum absolute atomic E-state index is 0.0381. The lowest BCUT2D eigenvalue weighted by Crippen LogP contribution is -2.23. The number of tetrazole rings is 1. The van der Waals surface area contributed by atoms with E-state index in [0.717, 1.165) is 0 Å². The summed E-state index contributed by atoms with van der Waals surface area (Å²) in [5.41, 5.74) is 0.899. The summed E-state index contributed by atoms with van der Waals surface area (Å²) >= 11 is 0. The zero-order chi connectivity index (χ0) is 19.4. The number of para-hydroxylation sites is 2. The second kappa shape index (κ2) is 7.94. The minimum atomic E-state index is -0.352. The molecule has 0 spiro atoms. The second-order valence-electron chi connectivity index (χ2n) is 6.16. The molecule has 1 aromatic heterocycles. The van der Waals surface area contributed by atoms with Crippen molar-refractivity contribution in [3.8, 4) is 22.9 Å². The molecule has 2 aromatic carbocycles. The van der Waals surface area contributed by atoms with Crippen LogP contribution in [0.2, 0.25) is 0 Å². The Balaban J connectivity index is 2.02. The Morgan fingerprint density at radius 2 is 1.70 bits per heavy atom. The maximum absolute atomic E-state index is 12.3. The molecule has 3 rings (SSSR count). The predicted molar refractivity (Wildman–Crippen MR) is 99.7 cm³/mol.